The first-order valence-electron chi connectivity index (χ1n) is 7.89. The van der Waals surface area contributed by atoms with Gasteiger partial charge in [0.2, 0.25) is 5.88 Å². The number of anilines is 2. The van der Waals surface area contributed by atoms with Gasteiger partial charge < -0.3 is 14.5 Å². The summed E-state index contributed by atoms with van der Waals surface area (Å²) in [4.78, 5) is 24.3. The Bertz CT molecular complexity index is 797. The van der Waals surface area contributed by atoms with E-state index in [-0.39, 0.29) is 17.7 Å². The highest BCUT2D eigenvalue weighted by Crippen LogP contribution is 2.30. The number of carbonyl (C=O) groups is 1. The third-order valence-electron chi connectivity index (χ3n) is 4.11. The number of nitrogens with one attached hydrogen (secondary N) is 1. The second-order valence-corrected chi connectivity index (χ2v) is 5.99. The molecule has 0 aliphatic carbocycles. The van der Waals surface area contributed by atoms with Crippen LogP contribution in [-0.4, -0.2) is 48.6 Å². The molecule has 2 amide bonds. The Kier molecular flexibility index (Phi) is 4.69. The molecule has 0 radical (unpaired) electrons. The van der Waals surface area contributed by atoms with E-state index in [4.69, 9.17) is 4.74 Å². The molecule has 2 heterocycles. The van der Waals surface area contributed by atoms with Crippen molar-refractivity contribution in [1.29, 1.82) is 0 Å². The van der Waals surface area contributed by atoms with Crippen molar-refractivity contribution in [3.63, 3.8) is 0 Å². The van der Waals surface area contributed by atoms with Crippen LogP contribution in [0.25, 0.3) is 0 Å². The first-order valence-corrected chi connectivity index (χ1v) is 7.89. The minimum atomic E-state index is -0.300. The molecular formula is C17H20FN5O2. The number of carbonyl (C=O) groups excluding carboxylic acids is 1. The summed E-state index contributed by atoms with van der Waals surface area (Å²) >= 11 is 0. The second-order valence-electron chi connectivity index (χ2n) is 5.99. The molecule has 2 aromatic rings. The fraction of sp³-hybridized carbons (Fsp3) is 0.353. The summed E-state index contributed by atoms with van der Waals surface area (Å²) in [5, 5.41) is 2.83. The van der Waals surface area contributed by atoms with Crippen LogP contribution in [0.4, 0.5) is 20.7 Å². The lowest BCUT2D eigenvalue weighted by molar-refractivity contribution is 0.206. The number of methoxy groups -OCH3 is 1. The molecule has 1 aromatic heterocycles. The standard InChI is InChI=1S/C17H20FN5O2/c1-22(2)15-14(16(25-3)20-10-19-15)21-17(24)23-7-6-11-4-5-13(18)8-12(11)9-23/h4-5,8,10H,6-7,9H2,1-3H3,(H,21,24). The van der Waals surface area contributed by atoms with Gasteiger partial charge >= 0.3 is 6.03 Å². The Balaban J connectivity index is 1.82. The van der Waals surface area contributed by atoms with Crippen LogP contribution in [-0.2, 0) is 13.0 Å². The average Bonchev–Trinajstić information content (AvgIpc) is 2.60. The van der Waals surface area contributed by atoms with Gasteiger partial charge in [-0.3, -0.25) is 5.32 Å². The first kappa shape index (κ1) is 16.9. The van der Waals surface area contributed by atoms with Crippen LogP contribution in [0.3, 0.4) is 0 Å². The Morgan fingerprint density at radius 1 is 1.32 bits per heavy atom. The predicted octanol–water partition coefficient (Wildman–Crippen LogP) is 2.28. The Labute approximate surface area is 145 Å². The summed E-state index contributed by atoms with van der Waals surface area (Å²) in [5.41, 5.74) is 2.30. The molecule has 1 aliphatic rings. The highest BCUT2D eigenvalue weighted by atomic mass is 19.1. The highest BCUT2D eigenvalue weighted by molar-refractivity contribution is 5.94. The number of halogens is 1. The maximum Gasteiger partial charge on any atom is 0.322 e. The molecule has 1 aromatic carbocycles. The van der Waals surface area contributed by atoms with E-state index in [0.717, 1.165) is 11.1 Å². The lowest BCUT2D eigenvalue weighted by Gasteiger charge is -2.29. The number of hydrogen-bond acceptors (Lipinski definition) is 5. The number of hydrogen-bond donors (Lipinski definition) is 1. The lowest BCUT2D eigenvalue weighted by atomic mass is 10.00. The zero-order valence-corrected chi connectivity index (χ0v) is 14.4. The first-order chi connectivity index (χ1) is 12.0. The van der Waals surface area contributed by atoms with Crippen molar-refractivity contribution in [2.75, 3.05) is 38.0 Å². The van der Waals surface area contributed by atoms with Crippen molar-refractivity contribution in [1.82, 2.24) is 14.9 Å². The smallest absolute Gasteiger partial charge is 0.322 e. The summed E-state index contributed by atoms with van der Waals surface area (Å²) in [6, 6.07) is 4.40. The number of urea groups is 1. The maximum absolute atomic E-state index is 13.5. The normalized spacial score (nSPS) is 13.2. The molecule has 0 saturated heterocycles. The molecule has 0 spiro atoms. The third kappa shape index (κ3) is 3.47. The van der Waals surface area contributed by atoms with Crippen molar-refractivity contribution in [2.45, 2.75) is 13.0 Å². The maximum atomic E-state index is 13.5. The zero-order valence-electron chi connectivity index (χ0n) is 14.4. The molecule has 0 atom stereocenters. The molecule has 132 valence electrons. The number of rotatable bonds is 3. The number of benzene rings is 1. The van der Waals surface area contributed by atoms with Crippen LogP contribution in [0.15, 0.2) is 24.5 Å². The van der Waals surface area contributed by atoms with Crippen molar-refractivity contribution in [3.8, 4) is 5.88 Å². The molecule has 1 N–H and O–H groups in total. The van der Waals surface area contributed by atoms with Gasteiger partial charge in [-0.1, -0.05) is 6.07 Å². The Morgan fingerprint density at radius 2 is 2.12 bits per heavy atom. The van der Waals surface area contributed by atoms with E-state index in [2.05, 4.69) is 15.3 Å². The summed E-state index contributed by atoms with van der Waals surface area (Å²) in [5.74, 6) is 0.535. The van der Waals surface area contributed by atoms with Gasteiger partial charge in [0.25, 0.3) is 0 Å². The number of ether oxygens (including phenoxy) is 1. The van der Waals surface area contributed by atoms with Gasteiger partial charge in [0.15, 0.2) is 5.82 Å². The highest BCUT2D eigenvalue weighted by Gasteiger charge is 2.24. The van der Waals surface area contributed by atoms with E-state index < -0.39 is 0 Å². The van der Waals surface area contributed by atoms with Crippen LogP contribution in [0.5, 0.6) is 5.88 Å². The van der Waals surface area contributed by atoms with E-state index in [0.29, 0.717) is 31.0 Å². The van der Waals surface area contributed by atoms with Gasteiger partial charge in [0, 0.05) is 27.2 Å². The third-order valence-corrected chi connectivity index (χ3v) is 4.11. The summed E-state index contributed by atoms with van der Waals surface area (Å²) < 4.78 is 18.7. The van der Waals surface area contributed by atoms with E-state index in [9.17, 15) is 9.18 Å². The fourth-order valence-corrected chi connectivity index (χ4v) is 2.85. The minimum absolute atomic E-state index is 0.288. The number of nitrogens with zero attached hydrogens (tertiary/aromatic N) is 4. The number of fused-ring (bicyclic) bond motifs is 1. The van der Waals surface area contributed by atoms with Gasteiger partial charge in [-0.2, -0.15) is 4.98 Å². The summed E-state index contributed by atoms with van der Waals surface area (Å²) in [6.45, 7) is 0.907. The van der Waals surface area contributed by atoms with E-state index in [1.54, 1.807) is 15.9 Å². The number of aromatic nitrogens is 2. The van der Waals surface area contributed by atoms with E-state index >= 15 is 0 Å². The zero-order chi connectivity index (χ0) is 18.0. The molecule has 3 rings (SSSR count). The quantitative estimate of drug-likeness (QED) is 0.924. The summed E-state index contributed by atoms with van der Waals surface area (Å²) in [7, 11) is 5.12. The fourth-order valence-electron chi connectivity index (χ4n) is 2.85. The molecule has 0 bridgehead atoms. The van der Waals surface area contributed by atoms with Gasteiger partial charge in [0.1, 0.15) is 17.8 Å². The molecule has 7 nitrogen and oxygen atoms in total. The van der Waals surface area contributed by atoms with Gasteiger partial charge in [0.05, 0.1) is 7.11 Å². The minimum Gasteiger partial charge on any atom is -0.479 e. The molecule has 1 aliphatic heterocycles. The SMILES string of the molecule is COc1ncnc(N(C)C)c1NC(=O)N1CCc2ccc(F)cc2C1. The monoisotopic (exact) mass is 345 g/mol. The van der Waals surface area contributed by atoms with Crippen molar-refractivity contribution >= 4 is 17.5 Å². The van der Waals surface area contributed by atoms with Gasteiger partial charge in [-0.25, -0.2) is 14.2 Å². The molecule has 25 heavy (non-hydrogen) atoms. The van der Waals surface area contributed by atoms with Crippen molar-refractivity contribution < 1.29 is 13.9 Å². The van der Waals surface area contributed by atoms with Crippen LogP contribution < -0.4 is 15.0 Å². The predicted molar refractivity (Wildman–Crippen MR) is 92.4 cm³/mol. The molecule has 0 unspecified atom stereocenters. The van der Waals surface area contributed by atoms with Gasteiger partial charge in [-0.05, 0) is 29.7 Å². The second kappa shape index (κ2) is 6.92. The lowest BCUT2D eigenvalue weighted by Crippen LogP contribution is -2.39. The van der Waals surface area contributed by atoms with E-state index in [1.807, 2.05) is 14.1 Å². The average molecular weight is 345 g/mol. The number of amides is 2. The Morgan fingerprint density at radius 3 is 2.84 bits per heavy atom. The molecule has 8 heteroatoms. The van der Waals surface area contributed by atoms with Crippen LogP contribution in [0, 0.1) is 5.82 Å². The summed E-state index contributed by atoms with van der Waals surface area (Å²) in [6.07, 6.45) is 2.07. The van der Waals surface area contributed by atoms with Crippen molar-refractivity contribution in [2.24, 2.45) is 0 Å². The van der Waals surface area contributed by atoms with Crippen LogP contribution in [0.1, 0.15) is 11.1 Å². The molecular weight excluding hydrogens is 325 g/mol. The topological polar surface area (TPSA) is 70.6 Å². The van der Waals surface area contributed by atoms with Crippen molar-refractivity contribution in [3.05, 3.63) is 41.5 Å². The van der Waals surface area contributed by atoms with Crippen LogP contribution >= 0.6 is 0 Å². The largest absolute Gasteiger partial charge is 0.479 e. The molecule has 0 fully saturated rings. The molecule has 0 saturated carbocycles. The van der Waals surface area contributed by atoms with Gasteiger partial charge in [-0.15, -0.1) is 0 Å². The van der Waals surface area contributed by atoms with Crippen LogP contribution in [0.2, 0.25) is 0 Å². The Hall–Kier alpha value is -2.90. The van der Waals surface area contributed by atoms with E-state index in [1.165, 1.54) is 25.6 Å².